The topological polar surface area (TPSA) is 151 Å². The molecule has 2 bridgehead atoms. The Morgan fingerprint density at radius 3 is 2.81 bits per heavy atom. The zero-order valence-corrected chi connectivity index (χ0v) is 20.1. The van der Waals surface area contributed by atoms with E-state index in [2.05, 4.69) is 26.7 Å². The molecule has 2 saturated heterocycles. The van der Waals surface area contributed by atoms with Gasteiger partial charge < -0.3 is 29.8 Å². The van der Waals surface area contributed by atoms with Crippen LogP contribution in [-0.4, -0.2) is 56.0 Å². The molecule has 11 nitrogen and oxygen atoms in total. The number of aromatic nitrogens is 3. The SMILES string of the molecule is N#Cc1cnc2ccc(=O)n(CC(O)C34CCC(NCc5ccc6c(n5)NC(=O)CO6)(CC3)CO4)c2c1. The molecule has 0 spiro atoms. The maximum absolute atomic E-state index is 12.7. The van der Waals surface area contributed by atoms with Gasteiger partial charge in [0, 0.05) is 24.3 Å². The molecule has 1 saturated carbocycles. The summed E-state index contributed by atoms with van der Waals surface area (Å²) in [4.78, 5) is 33.0. The van der Waals surface area contributed by atoms with Crippen LogP contribution in [0.15, 0.2) is 41.3 Å². The molecule has 3 N–H and O–H groups in total. The number of rotatable bonds is 6. The summed E-state index contributed by atoms with van der Waals surface area (Å²) < 4.78 is 13.1. The van der Waals surface area contributed by atoms with E-state index in [1.165, 1.54) is 16.8 Å². The highest BCUT2D eigenvalue weighted by Crippen LogP contribution is 2.46. The fourth-order valence-electron chi connectivity index (χ4n) is 5.52. The third kappa shape index (κ3) is 4.23. The van der Waals surface area contributed by atoms with Crippen LogP contribution < -0.4 is 20.9 Å². The number of fused-ring (bicyclic) bond motifs is 5. The summed E-state index contributed by atoms with van der Waals surface area (Å²) in [6.07, 6.45) is 3.46. The van der Waals surface area contributed by atoms with Gasteiger partial charge in [0.25, 0.3) is 11.5 Å². The normalized spacial score (nSPS) is 25.1. The van der Waals surface area contributed by atoms with E-state index in [0.29, 0.717) is 54.2 Å². The summed E-state index contributed by atoms with van der Waals surface area (Å²) in [5.41, 5.74) is 0.997. The number of amides is 1. The number of aliphatic hydroxyl groups excluding tert-OH is 1. The van der Waals surface area contributed by atoms with Crippen LogP contribution in [-0.2, 0) is 22.6 Å². The number of hydrogen-bond acceptors (Lipinski definition) is 9. The average Bonchev–Trinajstić information content (AvgIpc) is 2.94. The second-order valence-corrected chi connectivity index (χ2v) is 10.0. The summed E-state index contributed by atoms with van der Waals surface area (Å²) in [7, 11) is 0. The van der Waals surface area contributed by atoms with Gasteiger partial charge in [0.1, 0.15) is 12.2 Å². The summed E-state index contributed by atoms with van der Waals surface area (Å²) in [6, 6.07) is 10.4. The number of nitrogens with zero attached hydrogens (tertiary/aromatic N) is 4. The summed E-state index contributed by atoms with van der Waals surface area (Å²) in [6.45, 7) is 0.981. The molecule has 1 unspecified atom stereocenters. The maximum Gasteiger partial charge on any atom is 0.263 e. The van der Waals surface area contributed by atoms with Crippen LogP contribution in [0.1, 0.15) is 36.9 Å². The summed E-state index contributed by atoms with van der Waals surface area (Å²) in [5.74, 6) is 0.766. The Bertz CT molecular complexity index is 1470. The summed E-state index contributed by atoms with van der Waals surface area (Å²) >= 11 is 0. The lowest BCUT2D eigenvalue weighted by Gasteiger charge is -2.55. The van der Waals surface area contributed by atoms with E-state index < -0.39 is 11.7 Å². The average molecular weight is 503 g/mol. The third-order valence-corrected chi connectivity index (χ3v) is 7.80. The van der Waals surface area contributed by atoms with Crippen LogP contribution >= 0.6 is 0 Å². The highest BCUT2D eigenvalue weighted by atomic mass is 16.5. The second-order valence-electron chi connectivity index (χ2n) is 10.0. The molecule has 3 aromatic rings. The molecular formula is C26H26N6O5. The molecule has 37 heavy (non-hydrogen) atoms. The van der Waals surface area contributed by atoms with E-state index in [-0.39, 0.29) is 30.2 Å². The van der Waals surface area contributed by atoms with Crippen molar-refractivity contribution in [3.8, 4) is 11.8 Å². The Kier molecular flexibility index (Phi) is 5.67. The molecule has 1 aliphatic carbocycles. The lowest BCUT2D eigenvalue weighted by molar-refractivity contribution is -0.211. The predicted octanol–water partition coefficient (Wildman–Crippen LogP) is 1.23. The van der Waals surface area contributed by atoms with Crippen molar-refractivity contribution in [2.75, 3.05) is 18.5 Å². The van der Waals surface area contributed by atoms with Crippen LogP contribution in [0.3, 0.4) is 0 Å². The summed E-state index contributed by atoms with van der Waals surface area (Å²) in [5, 5.41) is 26.9. The Hall–Kier alpha value is -3.85. The Labute approximate surface area is 212 Å². The van der Waals surface area contributed by atoms with E-state index in [0.717, 1.165) is 18.5 Å². The van der Waals surface area contributed by atoms with Gasteiger partial charge in [-0.25, -0.2) is 4.98 Å². The minimum absolute atomic E-state index is 0.00669. The second kappa shape index (κ2) is 8.92. The van der Waals surface area contributed by atoms with E-state index in [1.807, 2.05) is 6.07 Å². The molecule has 1 atom stereocenters. The Balaban J connectivity index is 1.14. The molecule has 3 aliphatic heterocycles. The lowest BCUT2D eigenvalue weighted by Crippen LogP contribution is -2.65. The highest BCUT2D eigenvalue weighted by molar-refractivity contribution is 5.94. The third-order valence-electron chi connectivity index (χ3n) is 7.80. The molecule has 3 fully saturated rings. The number of pyridine rings is 3. The zero-order valence-electron chi connectivity index (χ0n) is 20.1. The Morgan fingerprint density at radius 2 is 2.05 bits per heavy atom. The molecule has 3 aromatic heterocycles. The Morgan fingerprint density at radius 1 is 1.22 bits per heavy atom. The lowest BCUT2D eigenvalue weighted by atomic mass is 9.69. The van der Waals surface area contributed by atoms with Crippen LogP contribution in [0.2, 0.25) is 0 Å². The molecule has 6 heterocycles. The number of nitriles is 1. The van der Waals surface area contributed by atoms with Gasteiger partial charge in [-0.1, -0.05) is 0 Å². The fourth-order valence-corrected chi connectivity index (χ4v) is 5.52. The first-order valence-electron chi connectivity index (χ1n) is 12.3. The van der Waals surface area contributed by atoms with Crippen LogP contribution in [0, 0.1) is 11.3 Å². The molecule has 190 valence electrons. The van der Waals surface area contributed by atoms with Crippen molar-refractivity contribution < 1.29 is 19.4 Å². The molecule has 0 aromatic carbocycles. The van der Waals surface area contributed by atoms with Crippen molar-refractivity contribution in [2.24, 2.45) is 0 Å². The number of anilines is 1. The number of nitrogens with one attached hydrogen (secondary N) is 2. The molecule has 1 amide bonds. The smallest absolute Gasteiger partial charge is 0.263 e. The molecule has 4 aliphatic rings. The monoisotopic (exact) mass is 502 g/mol. The quantitative estimate of drug-likeness (QED) is 0.452. The first-order chi connectivity index (χ1) is 17.9. The first-order valence-corrected chi connectivity index (χ1v) is 12.3. The van der Waals surface area contributed by atoms with Gasteiger partial charge in [0.05, 0.1) is 41.0 Å². The largest absolute Gasteiger partial charge is 0.480 e. The van der Waals surface area contributed by atoms with Gasteiger partial charge in [-0.3, -0.25) is 14.6 Å². The fraction of sp³-hybridized carbons (Fsp3) is 0.423. The number of carbonyl (C=O) groups is 1. The van der Waals surface area contributed by atoms with E-state index >= 15 is 0 Å². The zero-order chi connectivity index (χ0) is 25.6. The molecule has 11 heteroatoms. The van der Waals surface area contributed by atoms with Gasteiger partial charge in [0.2, 0.25) is 0 Å². The van der Waals surface area contributed by atoms with Crippen molar-refractivity contribution in [1.82, 2.24) is 19.9 Å². The minimum atomic E-state index is -0.897. The molecule has 7 rings (SSSR count). The van der Waals surface area contributed by atoms with Gasteiger partial charge in [-0.2, -0.15) is 5.26 Å². The van der Waals surface area contributed by atoms with Crippen molar-refractivity contribution in [3.63, 3.8) is 0 Å². The highest BCUT2D eigenvalue weighted by Gasteiger charge is 2.53. The van der Waals surface area contributed by atoms with E-state index in [4.69, 9.17) is 9.47 Å². The van der Waals surface area contributed by atoms with Crippen molar-refractivity contribution in [3.05, 3.63) is 58.1 Å². The van der Waals surface area contributed by atoms with Crippen molar-refractivity contribution in [1.29, 1.82) is 5.26 Å². The number of aliphatic hydroxyl groups is 1. The maximum atomic E-state index is 12.7. The van der Waals surface area contributed by atoms with Gasteiger partial charge in [-0.15, -0.1) is 0 Å². The molecule has 0 radical (unpaired) electrons. The van der Waals surface area contributed by atoms with E-state index in [1.54, 1.807) is 18.2 Å². The van der Waals surface area contributed by atoms with E-state index in [9.17, 15) is 20.0 Å². The van der Waals surface area contributed by atoms with Crippen molar-refractivity contribution >= 4 is 22.8 Å². The van der Waals surface area contributed by atoms with Crippen LogP contribution in [0.25, 0.3) is 11.0 Å². The van der Waals surface area contributed by atoms with Crippen molar-refractivity contribution in [2.45, 2.75) is 56.0 Å². The number of ether oxygens (including phenoxy) is 2. The van der Waals surface area contributed by atoms with Gasteiger partial charge in [0.15, 0.2) is 18.2 Å². The standard InChI is InChI=1S/C26H26N6O5/c27-10-16-9-19-18(28-11-16)2-4-23(35)32(19)13-21(33)26-7-5-25(6-8-26,15-37-26)29-12-17-1-3-20-24(30-17)31-22(34)14-36-20/h1-4,9,11,21,29,33H,5-8,12-15H2,(H,30,31,34). The number of carbonyl (C=O) groups excluding carboxylic acids is 1. The molecular weight excluding hydrogens is 476 g/mol. The predicted molar refractivity (Wildman–Crippen MR) is 132 cm³/mol. The van der Waals surface area contributed by atoms with Crippen LogP contribution in [0.4, 0.5) is 5.82 Å². The number of hydrogen-bond donors (Lipinski definition) is 3. The van der Waals surface area contributed by atoms with Gasteiger partial charge in [-0.05, 0) is 49.9 Å². The first kappa shape index (κ1) is 23.5. The minimum Gasteiger partial charge on any atom is -0.480 e. The van der Waals surface area contributed by atoms with Gasteiger partial charge >= 0.3 is 0 Å². The van der Waals surface area contributed by atoms with Crippen LogP contribution in [0.5, 0.6) is 5.75 Å².